The lowest BCUT2D eigenvalue weighted by Gasteiger charge is -2.14. The molecule has 6 heteroatoms. The van der Waals surface area contributed by atoms with E-state index in [-0.39, 0.29) is 12.3 Å². The molecule has 0 saturated heterocycles. The Labute approximate surface area is 165 Å². The molecule has 0 fully saturated rings. The van der Waals surface area contributed by atoms with Crippen LogP contribution in [0.5, 0.6) is 23.0 Å². The molecule has 0 aliphatic heterocycles. The smallest absolute Gasteiger partial charge is 0.303 e. The van der Waals surface area contributed by atoms with Gasteiger partial charge >= 0.3 is 5.97 Å². The summed E-state index contributed by atoms with van der Waals surface area (Å²) >= 11 is 0. The van der Waals surface area contributed by atoms with Crippen LogP contribution in [0.15, 0.2) is 36.4 Å². The van der Waals surface area contributed by atoms with Crippen LogP contribution in [0.3, 0.4) is 0 Å². The molecule has 0 saturated carbocycles. The number of aryl methyl sites for hydroxylation is 1. The first-order chi connectivity index (χ1) is 13.6. The van der Waals surface area contributed by atoms with Crippen molar-refractivity contribution in [3.05, 3.63) is 47.5 Å². The summed E-state index contributed by atoms with van der Waals surface area (Å²) in [6.45, 7) is 1.03. The lowest BCUT2D eigenvalue weighted by molar-refractivity contribution is -0.137. The average molecular weight is 386 g/mol. The molecule has 2 aromatic carbocycles. The average Bonchev–Trinajstić information content (AvgIpc) is 3.08. The normalized spacial score (nSPS) is 15.0. The minimum Gasteiger partial charge on any atom is -0.493 e. The molecule has 28 heavy (non-hydrogen) atoms. The van der Waals surface area contributed by atoms with E-state index < -0.39 is 5.97 Å². The van der Waals surface area contributed by atoms with Gasteiger partial charge in [-0.05, 0) is 54.2 Å². The highest BCUT2D eigenvalue weighted by Crippen LogP contribution is 2.38. The van der Waals surface area contributed by atoms with E-state index in [0.29, 0.717) is 30.5 Å². The van der Waals surface area contributed by atoms with Gasteiger partial charge in [0.1, 0.15) is 5.75 Å². The van der Waals surface area contributed by atoms with Crippen LogP contribution in [-0.2, 0) is 11.2 Å². The van der Waals surface area contributed by atoms with Crippen LogP contribution in [0.4, 0.5) is 0 Å². The standard InChI is InChI=1S/C22H26O6/c1-25-19-5-3-6-20(22(19)26-2)28-12-4-11-27-17-9-10-18-15(13-17)7-8-16(18)14-21(23)24/h3,5-6,9-10,13,16H,4,7-8,11-12,14H2,1-2H3,(H,23,24)/t16-/m0/s1. The van der Waals surface area contributed by atoms with Gasteiger partial charge in [-0.1, -0.05) is 12.1 Å². The molecule has 1 N–H and O–H groups in total. The van der Waals surface area contributed by atoms with Crippen molar-refractivity contribution in [1.82, 2.24) is 0 Å². The number of carboxylic acids is 1. The SMILES string of the molecule is COc1cccc(OCCCOc2ccc3c(c2)CC[C@H]3CC(=O)O)c1OC. The molecule has 1 atom stereocenters. The van der Waals surface area contributed by atoms with Crippen molar-refractivity contribution in [1.29, 1.82) is 0 Å². The number of carboxylic acid groups (broad SMARTS) is 1. The van der Waals surface area contributed by atoms with Crippen LogP contribution in [0.1, 0.15) is 36.3 Å². The van der Waals surface area contributed by atoms with Crippen LogP contribution < -0.4 is 18.9 Å². The number of ether oxygens (including phenoxy) is 4. The van der Waals surface area contributed by atoms with E-state index in [1.54, 1.807) is 14.2 Å². The zero-order valence-corrected chi connectivity index (χ0v) is 16.3. The second kappa shape index (κ2) is 9.35. The number of hydrogen-bond acceptors (Lipinski definition) is 5. The summed E-state index contributed by atoms with van der Waals surface area (Å²) in [5, 5.41) is 9.01. The molecule has 0 heterocycles. The first-order valence-electron chi connectivity index (χ1n) is 9.43. The van der Waals surface area contributed by atoms with Crippen LogP contribution >= 0.6 is 0 Å². The van der Waals surface area contributed by atoms with Crippen LogP contribution in [0.25, 0.3) is 0 Å². The predicted molar refractivity (Wildman–Crippen MR) is 105 cm³/mol. The molecular weight excluding hydrogens is 360 g/mol. The third-order valence-corrected chi connectivity index (χ3v) is 4.92. The third-order valence-electron chi connectivity index (χ3n) is 4.92. The number of para-hydroxylation sites is 1. The topological polar surface area (TPSA) is 74.2 Å². The Kier molecular flexibility index (Phi) is 6.63. The highest BCUT2D eigenvalue weighted by Gasteiger charge is 2.24. The Morgan fingerprint density at radius 2 is 1.86 bits per heavy atom. The summed E-state index contributed by atoms with van der Waals surface area (Å²) in [5.41, 5.74) is 2.34. The maximum atomic E-state index is 11.0. The molecule has 150 valence electrons. The summed E-state index contributed by atoms with van der Waals surface area (Å²) in [4.78, 5) is 11.0. The van der Waals surface area contributed by atoms with Gasteiger partial charge in [0.25, 0.3) is 0 Å². The van der Waals surface area contributed by atoms with E-state index in [9.17, 15) is 4.79 Å². The van der Waals surface area contributed by atoms with E-state index in [1.807, 2.05) is 36.4 Å². The Bertz CT molecular complexity index is 817. The molecule has 0 bridgehead atoms. The summed E-state index contributed by atoms with van der Waals surface area (Å²) in [6.07, 6.45) is 2.71. The quantitative estimate of drug-likeness (QED) is 0.621. The van der Waals surface area contributed by atoms with Crippen molar-refractivity contribution in [2.24, 2.45) is 0 Å². The summed E-state index contributed by atoms with van der Waals surface area (Å²) in [5.74, 6) is 2.05. The summed E-state index contributed by atoms with van der Waals surface area (Å²) < 4.78 is 22.2. The van der Waals surface area contributed by atoms with Gasteiger partial charge < -0.3 is 24.1 Å². The minimum absolute atomic E-state index is 0.118. The number of carbonyl (C=O) groups is 1. The number of rotatable bonds is 10. The van der Waals surface area contributed by atoms with Crippen molar-refractivity contribution in [2.75, 3.05) is 27.4 Å². The van der Waals surface area contributed by atoms with E-state index in [4.69, 9.17) is 24.1 Å². The Morgan fingerprint density at radius 3 is 2.61 bits per heavy atom. The predicted octanol–water partition coefficient (Wildman–Crippen LogP) is 4.06. The molecule has 3 rings (SSSR count). The molecule has 2 aromatic rings. The first kappa shape index (κ1) is 19.9. The zero-order valence-electron chi connectivity index (χ0n) is 16.3. The highest BCUT2D eigenvalue weighted by molar-refractivity contribution is 5.68. The molecule has 6 nitrogen and oxygen atoms in total. The van der Waals surface area contributed by atoms with Gasteiger partial charge in [-0.15, -0.1) is 0 Å². The van der Waals surface area contributed by atoms with Gasteiger partial charge in [-0.25, -0.2) is 0 Å². The first-order valence-corrected chi connectivity index (χ1v) is 9.43. The number of benzene rings is 2. The Morgan fingerprint density at radius 1 is 1.07 bits per heavy atom. The van der Waals surface area contributed by atoms with E-state index >= 15 is 0 Å². The van der Waals surface area contributed by atoms with E-state index in [2.05, 4.69) is 0 Å². The summed E-state index contributed by atoms with van der Waals surface area (Å²) in [6, 6.07) is 11.5. The zero-order chi connectivity index (χ0) is 19.9. The number of aliphatic carboxylic acids is 1. The third kappa shape index (κ3) is 4.68. The van der Waals surface area contributed by atoms with Crippen molar-refractivity contribution < 1.29 is 28.8 Å². The summed E-state index contributed by atoms with van der Waals surface area (Å²) in [7, 11) is 3.18. The maximum Gasteiger partial charge on any atom is 0.303 e. The van der Waals surface area contributed by atoms with Crippen LogP contribution in [0, 0.1) is 0 Å². The fourth-order valence-electron chi connectivity index (χ4n) is 3.60. The van der Waals surface area contributed by atoms with Gasteiger partial charge in [0.15, 0.2) is 11.5 Å². The monoisotopic (exact) mass is 386 g/mol. The molecule has 0 aromatic heterocycles. The van der Waals surface area contributed by atoms with Crippen molar-refractivity contribution in [2.45, 2.75) is 31.6 Å². The molecule has 0 radical (unpaired) electrons. The minimum atomic E-state index is -0.745. The lowest BCUT2D eigenvalue weighted by Crippen LogP contribution is -2.06. The van der Waals surface area contributed by atoms with Gasteiger partial charge in [0, 0.05) is 6.42 Å². The van der Waals surface area contributed by atoms with Crippen molar-refractivity contribution >= 4 is 5.97 Å². The second-order valence-corrected chi connectivity index (χ2v) is 6.74. The van der Waals surface area contributed by atoms with E-state index in [1.165, 1.54) is 5.56 Å². The Hall–Kier alpha value is -2.89. The number of fused-ring (bicyclic) bond motifs is 1. The van der Waals surface area contributed by atoms with Gasteiger partial charge in [0.05, 0.1) is 33.9 Å². The molecule has 1 aliphatic rings. The molecular formula is C22H26O6. The molecule has 0 amide bonds. The number of methoxy groups -OCH3 is 2. The molecule has 0 unspecified atom stereocenters. The fraction of sp³-hybridized carbons (Fsp3) is 0.409. The number of hydrogen-bond donors (Lipinski definition) is 1. The highest BCUT2D eigenvalue weighted by atomic mass is 16.5. The molecule has 1 aliphatic carbocycles. The van der Waals surface area contributed by atoms with Crippen LogP contribution in [0.2, 0.25) is 0 Å². The van der Waals surface area contributed by atoms with Gasteiger partial charge in [-0.2, -0.15) is 0 Å². The Balaban J connectivity index is 1.47. The van der Waals surface area contributed by atoms with Gasteiger partial charge in [-0.3, -0.25) is 4.79 Å². The lowest BCUT2D eigenvalue weighted by atomic mass is 9.98. The van der Waals surface area contributed by atoms with Crippen LogP contribution in [-0.4, -0.2) is 38.5 Å². The van der Waals surface area contributed by atoms with Crippen molar-refractivity contribution in [3.8, 4) is 23.0 Å². The fourth-order valence-corrected chi connectivity index (χ4v) is 3.60. The molecule has 0 spiro atoms. The van der Waals surface area contributed by atoms with Gasteiger partial charge in [0.2, 0.25) is 5.75 Å². The largest absolute Gasteiger partial charge is 0.493 e. The van der Waals surface area contributed by atoms with Crippen molar-refractivity contribution in [3.63, 3.8) is 0 Å². The second-order valence-electron chi connectivity index (χ2n) is 6.74. The van der Waals surface area contributed by atoms with E-state index in [0.717, 1.165) is 30.6 Å². The maximum absolute atomic E-state index is 11.0.